The summed E-state index contributed by atoms with van der Waals surface area (Å²) in [6.45, 7) is 7.58. The molecule has 1 heterocycles. The highest BCUT2D eigenvalue weighted by Crippen LogP contribution is 2.10. The molecule has 0 aliphatic carbocycles. The molecule has 0 fully saturated rings. The van der Waals surface area contributed by atoms with E-state index in [9.17, 15) is 4.79 Å². The minimum atomic E-state index is 0.0255. The highest BCUT2D eigenvalue weighted by molar-refractivity contribution is 5.91. The standard InChI is InChI=1S/C9H14N2O/c1-6(2)11-5-9(7(3)12)10-8(11)4/h5-6H,1-4H3. The zero-order chi connectivity index (χ0) is 9.30. The summed E-state index contributed by atoms with van der Waals surface area (Å²) in [5, 5.41) is 0. The van der Waals surface area contributed by atoms with E-state index in [0.717, 1.165) is 5.82 Å². The number of nitrogens with zero attached hydrogens (tertiary/aromatic N) is 2. The number of imidazole rings is 1. The van der Waals surface area contributed by atoms with Gasteiger partial charge in [-0.05, 0) is 20.8 Å². The van der Waals surface area contributed by atoms with E-state index < -0.39 is 0 Å². The van der Waals surface area contributed by atoms with Gasteiger partial charge in [0.15, 0.2) is 5.78 Å². The molecule has 0 bridgehead atoms. The van der Waals surface area contributed by atoms with Crippen molar-refractivity contribution in [3.05, 3.63) is 17.7 Å². The molecule has 0 saturated heterocycles. The second kappa shape index (κ2) is 3.09. The van der Waals surface area contributed by atoms with Crippen LogP contribution in [0.2, 0.25) is 0 Å². The molecular weight excluding hydrogens is 152 g/mol. The van der Waals surface area contributed by atoms with Crippen LogP contribution in [0, 0.1) is 6.92 Å². The molecule has 0 aliphatic heterocycles. The van der Waals surface area contributed by atoms with Crippen LogP contribution in [-0.4, -0.2) is 15.3 Å². The van der Waals surface area contributed by atoms with Crippen LogP contribution >= 0.6 is 0 Å². The number of carbonyl (C=O) groups excluding carboxylic acids is 1. The van der Waals surface area contributed by atoms with Gasteiger partial charge in [0.25, 0.3) is 0 Å². The highest BCUT2D eigenvalue weighted by Gasteiger charge is 2.08. The first kappa shape index (κ1) is 8.97. The number of carbonyl (C=O) groups is 1. The Hall–Kier alpha value is -1.12. The fourth-order valence-electron chi connectivity index (χ4n) is 1.18. The normalized spacial score (nSPS) is 10.8. The molecule has 1 aromatic rings. The molecule has 3 heteroatoms. The van der Waals surface area contributed by atoms with Crippen LogP contribution in [-0.2, 0) is 0 Å². The molecule has 0 aromatic carbocycles. The molecule has 1 rings (SSSR count). The van der Waals surface area contributed by atoms with E-state index in [1.165, 1.54) is 6.92 Å². The van der Waals surface area contributed by atoms with E-state index in [1.54, 1.807) is 0 Å². The third kappa shape index (κ3) is 1.55. The van der Waals surface area contributed by atoms with Gasteiger partial charge >= 0.3 is 0 Å². The molecule has 0 N–H and O–H groups in total. The summed E-state index contributed by atoms with van der Waals surface area (Å²) in [6, 6.07) is 0.366. The third-order valence-corrected chi connectivity index (χ3v) is 1.83. The Morgan fingerprint density at radius 1 is 1.58 bits per heavy atom. The smallest absolute Gasteiger partial charge is 0.179 e. The van der Waals surface area contributed by atoms with Crippen LogP contribution in [0.25, 0.3) is 0 Å². The zero-order valence-corrected chi connectivity index (χ0v) is 7.96. The van der Waals surface area contributed by atoms with Gasteiger partial charge in [-0.15, -0.1) is 0 Å². The van der Waals surface area contributed by atoms with Crippen molar-refractivity contribution >= 4 is 5.78 Å². The number of hydrogen-bond acceptors (Lipinski definition) is 2. The lowest BCUT2D eigenvalue weighted by atomic mass is 10.3. The van der Waals surface area contributed by atoms with E-state index in [2.05, 4.69) is 18.8 Å². The van der Waals surface area contributed by atoms with Crippen LogP contribution in [0.1, 0.15) is 43.1 Å². The predicted molar refractivity (Wildman–Crippen MR) is 47.4 cm³/mol. The Kier molecular flexibility index (Phi) is 2.31. The van der Waals surface area contributed by atoms with Crippen molar-refractivity contribution < 1.29 is 4.79 Å². The number of rotatable bonds is 2. The van der Waals surface area contributed by atoms with Gasteiger partial charge in [0.1, 0.15) is 11.5 Å². The van der Waals surface area contributed by atoms with Crippen LogP contribution in [0.15, 0.2) is 6.20 Å². The number of hydrogen-bond donors (Lipinski definition) is 0. The molecule has 0 atom stereocenters. The maximum absolute atomic E-state index is 11.0. The Morgan fingerprint density at radius 2 is 2.17 bits per heavy atom. The molecule has 0 spiro atoms. The van der Waals surface area contributed by atoms with Crippen molar-refractivity contribution in [1.82, 2.24) is 9.55 Å². The van der Waals surface area contributed by atoms with Crippen molar-refractivity contribution in [2.75, 3.05) is 0 Å². The van der Waals surface area contributed by atoms with Crippen molar-refractivity contribution in [2.45, 2.75) is 33.7 Å². The minimum absolute atomic E-state index is 0.0255. The summed E-state index contributed by atoms with van der Waals surface area (Å²) in [5.74, 6) is 0.924. The monoisotopic (exact) mass is 166 g/mol. The van der Waals surface area contributed by atoms with Gasteiger partial charge < -0.3 is 4.57 Å². The molecule has 0 saturated carbocycles. The summed E-state index contributed by atoms with van der Waals surface area (Å²) in [7, 11) is 0. The summed E-state index contributed by atoms with van der Waals surface area (Å²) >= 11 is 0. The van der Waals surface area contributed by atoms with Gasteiger partial charge in [-0.3, -0.25) is 4.79 Å². The first-order valence-electron chi connectivity index (χ1n) is 4.08. The van der Waals surface area contributed by atoms with Crippen LogP contribution in [0.5, 0.6) is 0 Å². The Balaban J connectivity index is 3.09. The Morgan fingerprint density at radius 3 is 2.42 bits per heavy atom. The average Bonchev–Trinajstić information content (AvgIpc) is 2.30. The second-order valence-corrected chi connectivity index (χ2v) is 3.23. The van der Waals surface area contributed by atoms with Crippen LogP contribution in [0.3, 0.4) is 0 Å². The first-order chi connectivity index (χ1) is 5.52. The van der Waals surface area contributed by atoms with E-state index >= 15 is 0 Å². The first-order valence-corrected chi connectivity index (χ1v) is 4.08. The molecule has 0 unspecified atom stereocenters. The van der Waals surface area contributed by atoms with E-state index in [0.29, 0.717) is 11.7 Å². The SMILES string of the molecule is CC(=O)c1cn(C(C)C)c(C)n1. The molecule has 66 valence electrons. The maximum atomic E-state index is 11.0. The zero-order valence-electron chi connectivity index (χ0n) is 7.96. The highest BCUT2D eigenvalue weighted by atomic mass is 16.1. The fraction of sp³-hybridized carbons (Fsp3) is 0.556. The van der Waals surface area contributed by atoms with Crippen LogP contribution in [0.4, 0.5) is 0 Å². The molecular formula is C9H14N2O. The number of ketones is 1. The van der Waals surface area contributed by atoms with E-state index in [-0.39, 0.29) is 5.78 Å². The van der Waals surface area contributed by atoms with E-state index in [1.807, 2.05) is 17.7 Å². The van der Waals surface area contributed by atoms with Gasteiger partial charge in [0.2, 0.25) is 0 Å². The van der Waals surface area contributed by atoms with Gasteiger partial charge in [0.05, 0.1) is 0 Å². The molecule has 1 aromatic heterocycles. The molecule has 0 aliphatic rings. The summed E-state index contributed by atoms with van der Waals surface area (Å²) in [6.07, 6.45) is 1.81. The number of aromatic nitrogens is 2. The van der Waals surface area contributed by atoms with Gasteiger partial charge in [-0.1, -0.05) is 0 Å². The quantitative estimate of drug-likeness (QED) is 0.629. The summed E-state index contributed by atoms with van der Waals surface area (Å²) in [5.41, 5.74) is 0.557. The topological polar surface area (TPSA) is 34.9 Å². The average molecular weight is 166 g/mol. The van der Waals surface area contributed by atoms with Gasteiger partial charge in [-0.25, -0.2) is 4.98 Å². The maximum Gasteiger partial charge on any atom is 0.179 e. The molecule has 0 amide bonds. The van der Waals surface area contributed by atoms with Gasteiger partial charge in [-0.2, -0.15) is 0 Å². The van der Waals surface area contributed by atoms with E-state index in [4.69, 9.17) is 0 Å². The third-order valence-electron chi connectivity index (χ3n) is 1.83. The second-order valence-electron chi connectivity index (χ2n) is 3.23. The van der Waals surface area contributed by atoms with Crippen molar-refractivity contribution in [3.63, 3.8) is 0 Å². The van der Waals surface area contributed by atoms with Crippen molar-refractivity contribution in [2.24, 2.45) is 0 Å². The largest absolute Gasteiger partial charge is 0.332 e. The lowest BCUT2D eigenvalue weighted by Crippen LogP contribution is -2.00. The summed E-state index contributed by atoms with van der Waals surface area (Å²) in [4.78, 5) is 15.1. The predicted octanol–water partition coefficient (Wildman–Crippen LogP) is 1.98. The Labute approximate surface area is 72.4 Å². The molecule has 12 heavy (non-hydrogen) atoms. The lowest BCUT2D eigenvalue weighted by molar-refractivity contribution is 0.101. The number of aryl methyl sites for hydroxylation is 1. The Bertz CT molecular complexity index is 299. The lowest BCUT2D eigenvalue weighted by Gasteiger charge is -2.07. The molecule has 0 radical (unpaired) electrons. The van der Waals surface area contributed by atoms with Crippen molar-refractivity contribution in [3.8, 4) is 0 Å². The number of Topliss-reactive ketones (excluding diaryl/α,β-unsaturated/α-hetero) is 1. The van der Waals surface area contributed by atoms with Crippen LogP contribution < -0.4 is 0 Å². The minimum Gasteiger partial charge on any atom is -0.332 e. The van der Waals surface area contributed by atoms with Gasteiger partial charge in [0, 0.05) is 19.2 Å². The molecule has 3 nitrogen and oxygen atoms in total. The van der Waals surface area contributed by atoms with Crippen molar-refractivity contribution in [1.29, 1.82) is 0 Å². The summed E-state index contributed by atoms with van der Waals surface area (Å²) < 4.78 is 2.00. The fourth-order valence-corrected chi connectivity index (χ4v) is 1.18.